The molecule has 0 spiro atoms. The van der Waals surface area contributed by atoms with Crippen LogP contribution in [-0.2, 0) is 16.1 Å². The molecule has 8 heteroatoms. The second-order valence-electron chi connectivity index (χ2n) is 6.29. The number of amides is 1. The number of carbonyl (C=O) groups excluding carboxylic acids is 1. The van der Waals surface area contributed by atoms with Crippen LogP contribution < -0.4 is 4.74 Å². The Kier molecular flexibility index (Phi) is 5.48. The lowest BCUT2D eigenvalue weighted by molar-refractivity contribution is -0.274. The van der Waals surface area contributed by atoms with Crippen LogP contribution in [0, 0.1) is 0 Å². The van der Waals surface area contributed by atoms with Gasteiger partial charge in [0.15, 0.2) is 0 Å². The molecule has 0 saturated carbocycles. The third kappa shape index (κ3) is 5.09. The fourth-order valence-electron chi connectivity index (χ4n) is 3.16. The van der Waals surface area contributed by atoms with Crippen LogP contribution in [0.3, 0.4) is 0 Å². The van der Waals surface area contributed by atoms with Gasteiger partial charge in [-0.1, -0.05) is 12.1 Å². The fourth-order valence-corrected chi connectivity index (χ4v) is 3.16. The van der Waals surface area contributed by atoms with Gasteiger partial charge in [-0.3, -0.25) is 9.69 Å². The summed E-state index contributed by atoms with van der Waals surface area (Å²) in [5, 5.41) is 0. The van der Waals surface area contributed by atoms with Crippen molar-refractivity contribution in [1.82, 2.24) is 9.80 Å². The third-order valence-electron chi connectivity index (χ3n) is 4.45. The van der Waals surface area contributed by atoms with Gasteiger partial charge in [0.2, 0.25) is 0 Å². The van der Waals surface area contributed by atoms with Gasteiger partial charge in [-0.05, 0) is 30.5 Å². The second-order valence-corrected chi connectivity index (χ2v) is 6.29. The van der Waals surface area contributed by atoms with Gasteiger partial charge < -0.3 is 14.4 Å². The van der Waals surface area contributed by atoms with Crippen molar-refractivity contribution in [2.75, 3.05) is 32.8 Å². The minimum atomic E-state index is -4.67. The molecule has 5 nitrogen and oxygen atoms in total. The quantitative estimate of drug-likeness (QED) is 0.829. The van der Waals surface area contributed by atoms with E-state index in [-0.39, 0.29) is 17.8 Å². The average Bonchev–Trinajstić information content (AvgIpc) is 3.10. The van der Waals surface area contributed by atoms with Crippen LogP contribution in [0.1, 0.15) is 18.4 Å². The summed E-state index contributed by atoms with van der Waals surface area (Å²) in [4.78, 5) is 16.3. The van der Waals surface area contributed by atoms with Gasteiger partial charge in [0.25, 0.3) is 5.91 Å². The zero-order valence-corrected chi connectivity index (χ0v) is 13.8. The first-order valence-electron chi connectivity index (χ1n) is 8.38. The predicted molar refractivity (Wildman–Crippen MR) is 84.0 cm³/mol. The van der Waals surface area contributed by atoms with Gasteiger partial charge >= 0.3 is 6.36 Å². The topological polar surface area (TPSA) is 42.0 Å². The molecular formula is C17H21F3N2O3. The van der Waals surface area contributed by atoms with Crippen LogP contribution in [0.2, 0.25) is 0 Å². The van der Waals surface area contributed by atoms with Crippen molar-refractivity contribution in [3.8, 4) is 5.75 Å². The average molecular weight is 358 g/mol. The van der Waals surface area contributed by atoms with Crippen molar-refractivity contribution < 1.29 is 27.4 Å². The van der Waals surface area contributed by atoms with Crippen molar-refractivity contribution in [2.45, 2.75) is 31.9 Å². The number of hydrogen-bond donors (Lipinski definition) is 0. The van der Waals surface area contributed by atoms with Gasteiger partial charge in [-0.25, -0.2) is 0 Å². The van der Waals surface area contributed by atoms with Crippen LogP contribution >= 0.6 is 0 Å². The molecule has 3 rings (SSSR count). The molecule has 0 radical (unpaired) electrons. The van der Waals surface area contributed by atoms with E-state index in [1.165, 1.54) is 12.1 Å². The summed E-state index contributed by atoms with van der Waals surface area (Å²) in [5.74, 6) is -0.144. The number of piperazine rings is 1. The molecule has 2 aliphatic heterocycles. The molecule has 0 aliphatic carbocycles. The van der Waals surface area contributed by atoms with E-state index in [1.807, 2.05) is 4.90 Å². The lowest BCUT2D eigenvalue weighted by Crippen LogP contribution is -2.51. The van der Waals surface area contributed by atoms with E-state index in [1.54, 1.807) is 12.1 Å². The number of alkyl halides is 3. The lowest BCUT2D eigenvalue weighted by Gasteiger charge is -2.35. The second kappa shape index (κ2) is 7.61. The summed E-state index contributed by atoms with van der Waals surface area (Å²) < 4.78 is 45.8. The zero-order valence-electron chi connectivity index (χ0n) is 13.8. The minimum Gasteiger partial charge on any atom is -0.406 e. The molecule has 1 aromatic carbocycles. The zero-order chi connectivity index (χ0) is 17.9. The summed E-state index contributed by atoms with van der Waals surface area (Å²) in [6, 6.07) is 5.90. The van der Waals surface area contributed by atoms with Crippen LogP contribution in [0.4, 0.5) is 13.2 Å². The van der Waals surface area contributed by atoms with Crippen molar-refractivity contribution in [2.24, 2.45) is 0 Å². The summed E-state index contributed by atoms with van der Waals surface area (Å²) >= 11 is 0. The number of rotatable bonds is 4. The van der Waals surface area contributed by atoms with Crippen LogP contribution in [0.15, 0.2) is 24.3 Å². The highest BCUT2D eigenvalue weighted by Gasteiger charge is 2.31. The molecule has 2 aliphatic rings. The molecule has 2 fully saturated rings. The molecule has 0 aromatic heterocycles. The summed E-state index contributed by atoms with van der Waals surface area (Å²) in [5.41, 5.74) is 0.911. The van der Waals surface area contributed by atoms with Gasteiger partial charge in [0, 0.05) is 39.3 Å². The monoisotopic (exact) mass is 358 g/mol. The number of ether oxygens (including phenoxy) is 2. The molecule has 0 bridgehead atoms. The third-order valence-corrected chi connectivity index (χ3v) is 4.45. The number of benzene rings is 1. The standard InChI is InChI=1S/C17H21F3N2O3/c18-17(19,20)25-14-5-3-13(4-6-14)12-21-7-9-22(10-8-21)16(23)15-2-1-11-24-15/h3-6,15H,1-2,7-12H2. The Morgan fingerprint density at radius 2 is 1.84 bits per heavy atom. The van der Waals surface area contributed by atoms with Gasteiger partial charge in [-0.2, -0.15) is 0 Å². The summed E-state index contributed by atoms with van der Waals surface area (Å²) in [6.45, 7) is 4.05. The van der Waals surface area contributed by atoms with Crippen LogP contribution in [0.5, 0.6) is 5.75 Å². The maximum atomic E-state index is 12.3. The molecule has 1 aromatic rings. The van der Waals surface area contributed by atoms with E-state index in [9.17, 15) is 18.0 Å². The molecule has 1 amide bonds. The Morgan fingerprint density at radius 1 is 1.16 bits per heavy atom. The van der Waals surface area contributed by atoms with Crippen LogP contribution in [-0.4, -0.2) is 61.0 Å². The first kappa shape index (κ1) is 18.0. The van der Waals surface area contributed by atoms with E-state index >= 15 is 0 Å². The molecule has 138 valence electrons. The Morgan fingerprint density at radius 3 is 2.40 bits per heavy atom. The first-order chi connectivity index (χ1) is 11.9. The largest absolute Gasteiger partial charge is 0.573 e. The Balaban J connectivity index is 1.46. The van der Waals surface area contributed by atoms with E-state index in [4.69, 9.17) is 4.74 Å². The van der Waals surface area contributed by atoms with Crippen molar-refractivity contribution in [3.05, 3.63) is 29.8 Å². The van der Waals surface area contributed by atoms with Gasteiger partial charge in [0.1, 0.15) is 11.9 Å². The number of carbonyl (C=O) groups is 1. The number of halogens is 3. The van der Waals surface area contributed by atoms with Crippen molar-refractivity contribution >= 4 is 5.91 Å². The van der Waals surface area contributed by atoms with Crippen LogP contribution in [0.25, 0.3) is 0 Å². The highest BCUT2D eigenvalue weighted by molar-refractivity contribution is 5.81. The number of hydrogen-bond acceptors (Lipinski definition) is 4. The summed E-state index contributed by atoms with van der Waals surface area (Å²) in [7, 11) is 0. The molecule has 25 heavy (non-hydrogen) atoms. The summed E-state index contributed by atoms with van der Waals surface area (Å²) in [6.07, 6.45) is -3.23. The molecule has 0 N–H and O–H groups in total. The van der Waals surface area contributed by atoms with E-state index in [0.717, 1.165) is 31.5 Å². The van der Waals surface area contributed by atoms with Crippen molar-refractivity contribution in [3.63, 3.8) is 0 Å². The maximum absolute atomic E-state index is 12.3. The molecule has 2 heterocycles. The smallest absolute Gasteiger partial charge is 0.406 e. The first-order valence-corrected chi connectivity index (χ1v) is 8.38. The Hall–Kier alpha value is -1.80. The SMILES string of the molecule is O=C(C1CCCO1)N1CCN(Cc2ccc(OC(F)(F)F)cc2)CC1. The molecule has 1 unspecified atom stereocenters. The van der Waals surface area contributed by atoms with Crippen molar-refractivity contribution in [1.29, 1.82) is 0 Å². The molecular weight excluding hydrogens is 337 g/mol. The van der Waals surface area contributed by atoms with Gasteiger partial charge in [-0.15, -0.1) is 13.2 Å². The highest BCUT2D eigenvalue weighted by Crippen LogP contribution is 2.23. The van der Waals surface area contributed by atoms with Gasteiger partial charge in [0.05, 0.1) is 0 Å². The molecule has 2 saturated heterocycles. The van der Waals surface area contributed by atoms with E-state index in [2.05, 4.69) is 9.64 Å². The Labute approximate surface area is 144 Å². The van der Waals surface area contributed by atoms with E-state index < -0.39 is 6.36 Å². The lowest BCUT2D eigenvalue weighted by atomic mass is 10.1. The predicted octanol–water partition coefficient (Wildman–Crippen LogP) is 2.41. The van der Waals surface area contributed by atoms with E-state index in [0.29, 0.717) is 26.2 Å². The number of nitrogens with zero attached hydrogens (tertiary/aromatic N) is 2. The maximum Gasteiger partial charge on any atom is 0.573 e. The highest BCUT2D eigenvalue weighted by atomic mass is 19.4. The fraction of sp³-hybridized carbons (Fsp3) is 0.588. The minimum absolute atomic E-state index is 0.0748. The Bertz CT molecular complexity index is 578. The molecule has 1 atom stereocenters. The normalized spacial score (nSPS) is 22.2.